The van der Waals surface area contributed by atoms with Gasteiger partial charge in [0.05, 0.1) is 18.8 Å². The molecule has 2 atom stereocenters. The van der Waals surface area contributed by atoms with Gasteiger partial charge in [0.2, 0.25) is 0 Å². The third-order valence-corrected chi connectivity index (χ3v) is 4.12. The number of aliphatic carboxylic acids is 2. The van der Waals surface area contributed by atoms with Crippen LogP contribution in [-0.2, 0) is 14.3 Å². The average molecular weight is 416 g/mol. The van der Waals surface area contributed by atoms with E-state index in [0.717, 1.165) is 30.0 Å². The molecule has 2 aromatic heterocycles. The SMILES string of the molecule is N#Cc1cc(-c2ccncc2)cnc1N1CCOCC1.O=C(O)C(O)C(O)C(=O)O. The number of pyridine rings is 2. The van der Waals surface area contributed by atoms with Crippen LogP contribution in [0.1, 0.15) is 5.56 Å². The first kappa shape index (κ1) is 22.7. The fourth-order valence-corrected chi connectivity index (χ4v) is 2.54. The first-order chi connectivity index (χ1) is 14.3. The highest BCUT2D eigenvalue weighted by Crippen LogP contribution is 2.24. The molecule has 3 heterocycles. The quantitative estimate of drug-likeness (QED) is 0.504. The molecule has 0 aromatic carbocycles. The van der Waals surface area contributed by atoms with Crippen LogP contribution in [0.4, 0.5) is 5.82 Å². The second-order valence-corrected chi connectivity index (χ2v) is 6.11. The lowest BCUT2D eigenvalue weighted by Gasteiger charge is -2.28. The molecular formula is C19H20N4O7. The summed E-state index contributed by atoms with van der Waals surface area (Å²) >= 11 is 0. The van der Waals surface area contributed by atoms with E-state index in [1.165, 1.54) is 0 Å². The van der Waals surface area contributed by atoms with E-state index in [1.54, 1.807) is 18.6 Å². The number of hydrogen-bond acceptors (Lipinski definition) is 9. The summed E-state index contributed by atoms with van der Waals surface area (Å²) < 4.78 is 5.33. The van der Waals surface area contributed by atoms with Crippen LogP contribution >= 0.6 is 0 Å². The predicted molar refractivity (Wildman–Crippen MR) is 103 cm³/mol. The topological polar surface area (TPSA) is 177 Å². The molecule has 1 saturated heterocycles. The van der Waals surface area contributed by atoms with Crippen molar-refractivity contribution < 1.29 is 34.8 Å². The Bertz CT molecular complexity index is 893. The van der Waals surface area contributed by atoms with Crippen LogP contribution in [0.3, 0.4) is 0 Å². The molecule has 0 saturated carbocycles. The van der Waals surface area contributed by atoms with Gasteiger partial charge in [0.1, 0.15) is 11.9 Å². The van der Waals surface area contributed by atoms with E-state index in [1.807, 2.05) is 18.2 Å². The number of rotatable bonds is 5. The number of anilines is 1. The van der Waals surface area contributed by atoms with Crippen molar-refractivity contribution in [1.82, 2.24) is 9.97 Å². The van der Waals surface area contributed by atoms with Crippen LogP contribution in [0.2, 0.25) is 0 Å². The number of ether oxygens (including phenoxy) is 1. The lowest BCUT2D eigenvalue weighted by atomic mass is 10.1. The highest BCUT2D eigenvalue weighted by Gasteiger charge is 2.29. The molecule has 0 spiro atoms. The standard InChI is InChI=1S/C15H14N4O.C4H6O6/c16-10-13-9-14(12-1-3-17-4-2-12)11-18-15(13)19-5-7-20-8-6-19;5-1(3(7)8)2(6)4(9)10/h1-4,9,11H,5-8H2;1-2,5-6H,(H,7,8)(H,9,10). The van der Waals surface area contributed by atoms with Gasteiger partial charge in [-0.15, -0.1) is 0 Å². The number of aromatic nitrogens is 2. The lowest BCUT2D eigenvalue weighted by Crippen LogP contribution is -2.39. The number of aliphatic hydroxyl groups is 2. The number of carboxylic acid groups (broad SMARTS) is 2. The van der Waals surface area contributed by atoms with E-state index < -0.39 is 24.1 Å². The molecule has 2 aromatic rings. The van der Waals surface area contributed by atoms with Crippen molar-refractivity contribution in [2.75, 3.05) is 31.2 Å². The zero-order chi connectivity index (χ0) is 22.1. The van der Waals surface area contributed by atoms with E-state index >= 15 is 0 Å². The number of nitrogens with zero attached hydrogens (tertiary/aromatic N) is 4. The normalized spacial score (nSPS) is 15.2. The Morgan fingerprint density at radius 3 is 2.13 bits per heavy atom. The number of hydrogen-bond donors (Lipinski definition) is 4. The number of carbonyl (C=O) groups is 2. The maximum absolute atomic E-state index is 9.77. The summed E-state index contributed by atoms with van der Waals surface area (Å²) in [6.45, 7) is 2.91. The zero-order valence-electron chi connectivity index (χ0n) is 15.7. The minimum absolute atomic E-state index is 0.598. The summed E-state index contributed by atoms with van der Waals surface area (Å²) in [4.78, 5) is 30.1. The van der Waals surface area contributed by atoms with Crippen LogP contribution in [0.25, 0.3) is 11.1 Å². The van der Waals surface area contributed by atoms with E-state index in [2.05, 4.69) is 20.9 Å². The largest absolute Gasteiger partial charge is 0.479 e. The fourth-order valence-electron chi connectivity index (χ4n) is 2.54. The molecule has 4 N–H and O–H groups in total. The van der Waals surface area contributed by atoms with Gasteiger partial charge >= 0.3 is 11.9 Å². The summed E-state index contributed by atoms with van der Waals surface area (Å²) in [7, 11) is 0. The number of morpholine rings is 1. The van der Waals surface area contributed by atoms with Gasteiger partial charge in [-0.2, -0.15) is 5.26 Å². The number of carboxylic acids is 2. The minimum Gasteiger partial charge on any atom is -0.479 e. The maximum Gasteiger partial charge on any atom is 0.335 e. The molecule has 0 aliphatic carbocycles. The van der Waals surface area contributed by atoms with Gasteiger partial charge in [0.25, 0.3) is 0 Å². The number of nitriles is 1. The molecule has 1 aliphatic rings. The Morgan fingerprint density at radius 1 is 1.07 bits per heavy atom. The molecule has 30 heavy (non-hydrogen) atoms. The maximum atomic E-state index is 9.77. The summed E-state index contributed by atoms with van der Waals surface area (Å²) in [5.74, 6) is -2.79. The molecular weight excluding hydrogens is 396 g/mol. The monoisotopic (exact) mass is 416 g/mol. The summed E-state index contributed by atoms with van der Waals surface area (Å²) in [6.07, 6.45) is 0.741. The average Bonchev–Trinajstić information content (AvgIpc) is 2.79. The summed E-state index contributed by atoms with van der Waals surface area (Å²) in [5, 5.41) is 41.9. The van der Waals surface area contributed by atoms with Crippen molar-refractivity contribution in [3.8, 4) is 17.2 Å². The van der Waals surface area contributed by atoms with Gasteiger partial charge in [-0.25, -0.2) is 14.6 Å². The minimum atomic E-state index is -2.27. The molecule has 158 valence electrons. The lowest BCUT2D eigenvalue weighted by molar-refractivity contribution is -0.165. The first-order valence-corrected chi connectivity index (χ1v) is 8.80. The summed E-state index contributed by atoms with van der Waals surface area (Å²) in [6, 6.07) is 7.94. The molecule has 0 bridgehead atoms. The van der Waals surface area contributed by atoms with Crippen molar-refractivity contribution in [3.63, 3.8) is 0 Å². The van der Waals surface area contributed by atoms with E-state index in [0.29, 0.717) is 18.8 Å². The van der Waals surface area contributed by atoms with Gasteiger partial charge < -0.3 is 30.1 Å². The molecule has 0 radical (unpaired) electrons. The van der Waals surface area contributed by atoms with Crippen molar-refractivity contribution in [2.45, 2.75) is 12.2 Å². The molecule has 1 fully saturated rings. The second kappa shape index (κ2) is 10.8. The van der Waals surface area contributed by atoms with Crippen molar-refractivity contribution in [3.05, 3.63) is 42.4 Å². The summed E-state index contributed by atoms with van der Waals surface area (Å²) in [5.41, 5.74) is 2.54. The zero-order valence-corrected chi connectivity index (χ0v) is 15.7. The molecule has 3 rings (SSSR count). The van der Waals surface area contributed by atoms with Crippen molar-refractivity contribution in [1.29, 1.82) is 5.26 Å². The predicted octanol–water partition coefficient (Wildman–Crippen LogP) is -0.271. The third-order valence-electron chi connectivity index (χ3n) is 4.12. The van der Waals surface area contributed by atoms with Crippen LogP contribution < -0.4 is 4.90 Å². The molecule has 1 aliphatic heterocycles. The van der Waals surface area contributed by atoms with E-state index in [4.69, 9.17) is 25.2 Å². The Labute approximate surface area is 171 Å². The van der Waals surface area contributed by atoms with Gasteiger partial charge in [-0.05, 0) is 23.8 Å². The Balaban J connectivity index is 0.000000274. The molecule has 0 amide bonds. The van der Waals surface area contributed by atoms with Gasteiger partial charge in [-0.3, -0.25) is 4.98 Å². The molecule has 11 heteroatoms. The van der Waals surface area contributed by atoms with Crippen LogP contribution in [0.15, 0.2) is 36.8 Å². The van der Waals surface area contributed by atoms with Gasteiger partial charge in [0, 0.05) is 37.2 Å². The van der Waals surface area contributed by atoms with Gasteiger partial charge in [-0.1, -0.05) is 0 Å². The van der Waals surface area contributed by atoms with Crippen LogP contribution in [-0.4, -0.2) is 80.8 Å². The highest BCUT2D eigenvalue weighted by molar-refractivity contribution is 5.83. The Morgan fingerprint density at radius 2 is 1.63 bits per heavy atom. The third kappa shape index (κ3) is 5.95. The van der Waals surface area contributed by atoms with Crippen molar-refractivity contribution >= 4 is 17.8 Å². The molecule has 2 unspecified atom stereocenters. The van der Waals surface area contributed by atoms with E-state index in [-0.39, 0.29) is 0 Å². The Hall–Kier alpha value is -3.59. The van der Waals surface area contributed by atoms with E-state index in [9.17, 15) is 14.9 Å². The molecule has 11 nitrogen and oxygen atoms in total. The fraction of sp³-hybridized carbons (Fsp3) is 0.316. The van der Waals surface area contributed by atoms with Crippen molar-refractivity contribution in [2.24, 2.45) is 0 Å². The first-order valence-electron chi connectivity index (χ1n) is 8.80. The second-order valence-electron chi connectivity index (χ2n) is 6.11. The number of aliphatic hydroxyl groups excluding tert-OH is 2. The van der Waals surface area contributed by atoms with Crippen LogP contribution in [0, 0.1) is 11.3 Å². The highest BCUT2D eigenvalue weighted by atomic mass is 16.5. The van der Waals surface area contributed by atoms with Gasteiger partial charge in [0.15, 0.2) is 12.2 Å². The Kier molecular flexibility index (Phi) is 8.18. The smallest absolute Gasteiger partial charge is 0.335 e. The van der Waals surface area contributed by atoms with Crippen LogP contribution in [0.5, 0.6) is 0 Å².